The second-order valence-corrected chi connectivity index (χ2v) is 9.28. The van der Waals surface area contributed by atoms with Crippen LogP contribution in [-0.4, -0.2) is 40.2 Å². The Morgan fingerprint density at radius 3 is 2.50 bits per heavy atom. The molecule has 7 nitrogen and oxygen atoms in total. The van der Waals surface area contributed by atoms with Crippen LogP contribution in [0.2, 0.25) is 0 Å². The van der Waals surface area contributed by atoms with Crippen LogP contribution in [0.3, 0.4) is 0 Å². The van der Waals surface area contributed by atoms with Gasteiger partial charge in [0.15, 0.2) is 5.16 Å². The van der Waals surface area contributed by atoms with E-state index in [-0.39, 0.29) is 11.6 Å². The van der Waals surface area contributed by atoms with Crippen molar-refractivity contribution in [2.45, 2.75) is 37.9 Å². The number of hydrogen-bond acceptors (Lipinski definition) is 6. The van der Waals surface area contributed by atoms with E-state index in [9.17, 15) is 9.59 Å². The SMILES string of the molecule is CCCSc1ncc(Br)c(C(=O)N[C@H](Cc2ccccc2)C(=O)Nc2ccc(OCC)cc2)n1. The van der Waals surface area contributed by atoms with E-state index in [1.807, 2.05) is 37.3 Å². The highest BCUT2D eigenvalue weighted by atomic mass is 79.9. The molecule has 9 heteroatoms. The maximum Gasteiger partial charge on any atom is 0.271 e. The molecule has 1 aromatic heterocycles. The molecule has 0 bridgehead atoms. The van der Waals surface area contributed by atoms with Gasteiger partial charge in [0.1, 0.15) is 17.5 Å². The van der Waals surface area contributed by atoms with Crippen molar-refractivity contribution in [2.75, 3.05) is 17.7 Å². The molecule has 1 heterocycles. The van der Waals surface area contributed by atoms with Crippen molar-refractivity contribution in [1.82, 2.24) is 15.3 Å². The summed E-state index contributed by atoms with van der Waals surface area (Å²) in [7, 11) is 0. The van der Waals surface area contributed by atoms with Gasteiger partial charge in [-0.25, -0.2) is 9.97 Å². The number of halogens is 1. The number of benzene rings is 2. The largest absolute Gasteiger partial charge is 0.494 e. The van der Waals surface area contributed by atoms with Gasteiger partial charge in [-0.1, -0.05) is 49.0 Å². The first-order valence-electron chi connectivity index (χ1n) is 11.0. The Morgan fingerprint density at radius 2 is 1.82 bits per heavy atom. The summed E-state index contributed by atoms with van der Waals surface area (Å²) < 4.78 is 5.92. The first-order chi connectivity index (χ1) is 16.5. The van der Waals surface area contributed by atoms with E-state index in [2.05, 4.69) is 43.5 Å². The van der Waals surface area contributed by atoms with Gasteiger partial charge in [-0.3, -0.25) is 9.59 Å². The van der Waals surface area contributed by atoms with Crippen LogP contribution in [0.15, 0.2) is 70.4 Å². The molecule has 0 aliphatic heterocycles. The third kappa shape index (κ3) is 7.56. The number of hydrogen-bond donors (Lipinski definition) is 2. The van der Waals surface area contributed by atoms with Gasteiger partial charge in [-0.05, 0) is 59.1 Å². The van der Waals surface area contributed by atoms with Crippen LogP contribution in [-0.2, 0) is 11.2 Å². The van der Waals surface area contributed by atoms with Crippen LogP contribution in [0, 0.1) is 0 Å². The number of nitrogens with one attached hydrogen (secondary N) is 2. The van der Waals surface area contributed by atoms with Crippen molar-refractivity contribution < 1.29 is 14.3 Å². The molecular weight excluding hydrogens is 516 g/mol. The molecule has 0 aliphatic carbocycles. The third-order valence-corrected chi connectivity index (χ3v) is 6.36. The van der Waals surface area contributed by atoms with Gasteiger partial charge in [0.2, 0.25) is 5.91 Å². The van der Waals surface area contributed by atoms with Crippen molar-refractivity contribution in [2.24, 2.45) is 0 Å². The Balaban J connectivity index is 1.78. The lowest BCUT2D eigenvalue weighted by molar-refractivity contribution is -0.118. The smallest absolute Gasteiger partial charge is 0.271 e. The average Bonchev–Trinajstić information content (AvgIpc) is 2.85. The molecule has 0 fully saturated rings. The van der Waals surface area contributed by atoms with Crippen molar-refractivity contribution in [3.8, 4) is 5.75 Å². The Hall–Kier alpha value is -2.91. The molecule has 2 amide bonds. The number of ether oxygens (including phenoxy) is 1. The summed E-state index contributed by atoms with van der Waals surface area (Å²) in [5.41, 5.74) is 1.73. The van der Waals surface area contributed by atoms with Gasteiger partial charge in [-0.2, -0.15) is 0 Å². The number of thioether (sulfide) groups is 1. The second-order valence-electron chi connectivity index (χ2n) is 7.36. The average molecular weight is 543 g/mol. The zero-order valence-electron chi connectivity index (χ0n) is 19.1. The van der Waals surface area contributed by atoms with Gasteiger partial charge in [0.25, 0.3) is 5.91 Å². The van der Waals surface area contributed by atoms with E-state index in [0.717, 1.165) is 23.5 Å². The van der Waals surface area contributed by atoms with E-state index in [1.54, 1.807) is 30.5 Å². The quantitative estimate of drug-likeness (QED) is 0.258. The fraction of sp³-hybridized carbons (Fsp3) is 0.280. The maximum atomic E-state index is 13.2. The molecule has 178 valence electrons. The van der Waals surface area contributed by atoms with Gasteiger partial charge in [-0.15, -0.1) is 0 Å². The van der Waals surface area contributed by atoms with Crippen molar-refractivity contribution in [1.29, 1.82) is 0 Å². The van der Waals surface area contributed by atoms with Crippen LogP contribution in [0.5, 0.6) is 5.75 Å². The summed E-state index contributed by atoms with van der Waals surface area (Å²) in [5.74, 6) is 0.798. The second kappa shape index (κ2) is 13.1. The Bertz CT molecular complexity index is 1100. The standard InChI is InChI=1S/C25H27BrN4O3S/c1-3-14-34-25-27-16-20(26)22(30-25)24(32)29-21(15-17-8-6-5-7-9-17)23(31)28-18-10-12-19(13-11-18)33-4-2/h5-13,16,21H,3-4,14-15H2,1-2H3,(H,28,31)(H,29,32)/t21-/m1/s1. The number of amides is 2. The van der Waals surface area contributed by atoms with E-state index in [0.29, 0.717) is 28.3 Å². The molecule has 1 atom stereocenters. The van der Waals surface area contributed by atoms with Crippen molar-refractivity contribution in [3.05, 3.63) is 76.5 Å². The van der Waals surface area contributed by atoms with Crippen LogP contribution in [0.25, 0.3) is 0 Å². The van der Waals surface area contributed by atoms with Gasteiger partial charge in [0.05, 0.1) is 11.1 Å². The molecule has 0 radical (unpaired) electrons. The number of rotatable bonds is 11. The van der Waals surface area contributed by atoms with Gasteiger partial charge >= 0.3 is 0 Å². The van der Waals surface area contributed by atoms with E-state index < -0.39 is 11.9 Å². The third-order valence-electron chi connectivity index (χ3n) is 4.71. The highest BCUT2D eigenvalue weighted by Crippen LogP contribution is 2.20. The van der Waals surface area contributed by atoms with E-state index in [1.165, 1.54) is 11.8 Å². The minimum absolute atomic E-state index is 0.195. The van der Waals surface area contributed by atoms with Crippen molar-refractivity contribution in [3.63, 3.8) is 0 Å². The molecule has 0 unspecified atom stereocenters. The summed E-state index contributed by atoms with van der Waals surface area (Å²) in [4.78, 5) is 35.0. The fourth-order valence-electron chi connectivity index (χ4n) is 3.09. The topological polar surface area (TPSA) is 93.2 Å². The Labute approximate surface area is 212 Å². The normalized spacial score (nSPS) is 11.5. The van der Waals surface area contributed by atoms with Crippen LogP contribution < -0.4 is 15.4 Å². The summed E-state index contributed by atoms with van der Waals surface area (Å²) in [6.07, 6.45) is 2.86. The summed E-state index contributed by atoms with van der Waals surface area (Å²) >= 11 is 4.84. The first-order valence-corrected chi connectivity index (χ1v) is 12.8. The van der Waals surface area contributed by atoms with E-state index >= 15 is 0 Å². The molecule has 0 saturated heterocycles. The molecule has 0 saturated carbocycles. The van der Waals surface area contributed by atoms with Gasteiger partial charge in [0, 0.05) is 24.1 Å². The molecule has 34 heavy (non-hydrogen) atoms. The summed E-state index contributed by atoms with van der Waals surface area (Å²) in [6.45, 7) is 4.54. The molecule has 0 spiro atoms. The maximum absolute atomic E-state index is 13.2. The predicted octanol–water partition coefficient (Wildman–Crippen LogP) is 5.12. The number of nitrogens with zero attached hydrogens (tertiary/aromatic N) is 2. The van der Waals surface area contributed by atoms with Crippen LogP contribution in [0.4, 0.5) is 5.69 Å². The van der Waals surface area contributed by atoms with E-state index in [4.69, 9.17) is 4.74 Å². The highest BCUT2D eigenvalue weighted by Gasteiger charge is 2.24. The molecular formula is C25H27BrN4O3S. The zero-order chi connectivity index (χ0) is 24.3. The zero-order valence-corrected chi connectivity index (χ0v) is 21.5. The lowest BCUT2D eigenvalue weighted by Gasteiger charge is -2.19. The number of carbonyl (C=O) groups is 2. The highest BCUT2D eigenvalue weighted by molar-refractivity contribution is 9.10. The Kier molecular flexibility index (Phi) is 9.90. The molecule has 2 N–H and O–H groups in total. The molecule has 0 aliphatic rings. The number of aromatic nitrogens is 2. The monoisotopic (exact) mass is 542 g/mol. The van der Waals surface area contributed by atoms with Crippen LogP contribution >= 0.6 is 27.7 Å². The Morgan fingerprint density at radius 1 is 1.09 bits per heavy atom. The summed E-state index contributed by atoms with van der Waals surface area (Å²) in [5, 5.41) is 6.26. The minimum Gasteiger partial charge on any atom is -0.494 e. The number of anilines is 1. The summed E-state index contributed by atoms with van der Waals surface area (Å²) in [6, 6.07) is 15.8. The lowest BCUT2D eigenvalue weighted by Crippen LogP contribution is -2.45. The van der Waals surface area contributed by atoms with Crippen molar-refractivity contribution >= 4 is 45.2 Å². The number of carbonyl (C=O) groups excluding carboxylic acids is 2. The lowest BCUT2D eigenvalue weighted by atomic mass is 10.0. The predicted molar refractivity (Wildman–Crippen MR) is 138 cm³/mol. The molecule has 2 aromatic carbocycles. The fourth-order valence-corrected chi connectivity index (χ4v) is 4.13. The molecule has 3 rings (SSSR count). The first kappa shape index (κ1) is 25.7. The van der Waals surface area contributed by atoms with Gasteiger partial charge < -0.3 is 15.4 Å². The van der Waals surface area contributed by atoms with Crippen LogP contribution in [0.1, 0.15) is 36.3 Å². The molecule has 3 aromatic rings. The minimum atomic E-state index is -0.810.